The smallest absolute Gasteiger partial charge is 0.259 e. The van der Waals surface area contributed by atoms with Crippen LogP contribution in [0.1, 0.15) is 29.6 Å². The number of benzene rings is 2. The molecule has 1 aliphatic carbocycles. The number of halogens is 3. The molecule has 0 bridgehead atoms. The van der Waals surface area contributed by atoms with Crippen LogP contribution in [0.2, 0.25) is 0 Å². The van der Waals surface area contributed by atoms with E-state index < -0.39 is 23.1 Å². The number of nitrogens with one attached hydrogen (secondary N) is 1. The number of likely N-dealkylation sites (N-methyl/N-ethyl adjacent to an activating group) is 1. The lowest BCUT2D eigenvalue weighted by atomic mass is 10.1. The number of thiazole rings is 1. The fourth-order valence-electron chi connectivity index (χ4n) is 3.72. The number of rotatable bonds is 4. The van der Waals surface area contributed by atoms with Crippen LogP contribution in [0.4, 0.5) is 18.3 Å². The molecule has 0 spiro atoms. The maximum atomic E-state index is 14.0. The van der Waals surface area contributed by atoms with Crippen LogP contribution < -0.4 is 5.32 Å². The third-order valence-electron chi connectivity index (χ3n) is 5.13. The van der Waals surface area contributed by atoms with Gasteiger partial charge < -0.3 is 10.2 Å². The zero-order valence-electron chi connectivity index (χ0n) is 15.1. The van der Waals surface area contributed by atoms with Crippen LogP contribution in [0, 0.1) is 17.5 Å². The van der Waals surface area contributed by atoms with Gasteiger partial charge in [-0.1, -0.05) is 17.4 Å². The molecule has 28 heavy (non-hydrogen) atoms. The van der Waals surface area contributed by atoms with Gasteiger partial charge in [0.25, 0.3) is 5.91 Å². The van der Waals surface area contributed by atoms with Crippen molar-refractivity contribution in [3.8, 4) is 0 Å². The summed E-state index contributed by atoms with van der Waals surface area (Å²) < 4.78 is 42.1. The third kappa shape index (κ3) is 3.44. The first-order valence-electron chi connectivity index (χ1n) is 8.98. The second-order valence-electron chi connectivity index (χ2n) is 6.89. The molecule has 0 saturated heterocycles. The lowest BCUT2D eigenvalue weighted by Gasteiger charge is -2.30. The van der Waals surface area contributed by atoms with Gasteiger partial charge in [-0.05, 0) is 49.6 Å². The molecule has 0 unspecified atom stereocenters. The Morgan fingerprint density at radius 2 is 1.93 bits per heavy atom. The van der Waals surface area contributed by atoms with E-state index in [2.05, 4.69) is 10.3 Å². The monoisotopic (exact) mass is 405 g/mol. The van der Waals surface area contributed by atoms with Gasteiger partial charge in [0.15, 0.2) is 5.13 Å². The Bertz CT molecular complexity index is 1020. The molecule has 4 nitrogen and oxygen atoms in total. The van der Waals surface area contributed by atoms with Gasteiger partial charge >= 0.3 is 0 Å². The molecule has 1 amide bonds. The summed E-state index contributed by atoms with van der Waals surface area (Å²) in [7, 11) is 1.56. The van der Waals surface area contributed by atoms with Gasteiger partial charge in [-0.2, -0.15) is 0 Å². The molecule has 1 saturated carbocycles. The summed E-state index contributed by atoms with van der Waals surface area (Å²) in [6.07, 6.45) is 2.39. The molecule has 1 aliphatic rings. The normalized spacial score (nSPS) is 19.1. The van der Waals surface area contributed by atoms with E-state index in [4.69, 9.17) is 0 Å². The second-order valence-corrected chi connectivity index (χ2v) is 7.92. The molecular formula is C20H18F3N3OS. The SMILES string of the molecule is CN(C(=O)c1c(F)cccc1F)[C@@H]1CCC[C@H]1Nc1nc2ccc(F)cc2s1. The number of carbonyl (C=O) groups is 1. The first kappa shape index (κ1) is 18.7. The first-order valence-corrected chi connectivity index (χ1v) is 9.79. The summed E-state index contributed by atoms with van der Waals surface area (Å²) in [6.45, 7) is 0. The summed E-state index contributed by atoms with van der Waals surface area (Å²) in [5.41, 5.74) is 0.160. The molecule has 0 aliphatic heterocycles. The molecule has 1 heterocycles. The van der Waals surface area contributed by atoms with E-state index in [-0.39, 0.29) is 17.9 Å². The minimum atomic E-state index is -0.868. The van der Waals surface area contributed by atoms with E-state index >= 15 is 0 Å². The molecule has 146 valence electrons. The van der Waals surface area contributed by atoms with Crippen LogP contribution in [0.15, 0.2) is 36.4 Å². The second kappa shape index (κ2) is 7.43. The van der Waals surface area contributed by atoms with E-state index in [9.17, 15) is 18.0 Å². The topological polar surface area (TPSA) is 45.2 Å². The summed E-state index contributed by atoms with van der Waals surface area (Å²) in [5.74, 6) is -2.74. The van der Waals surface area contributed by atoms with Crippen molar-refractivity contribution >= 4 is 32.6 Å². The molecule has 0 radical (unpaired) electrons. The highest BCUT2D eigenvalue weighted by atomic mass is 32.1. The Morgan fingerprint density at radius 1 is 1.18 bits per heavy atom. The van der Waals surface area contributed by atoms with Crippen molar-refractivity contribution < 1.29 is 18.0 Å². The van der Waals surface area contributed by atoms with E-state index in [0.717, 1.165) is 36.1 Å². The maximum absolute atomic E-state index is 14.0. The molecule has 2 aromatic carbocycles. The number of nitrogens with zero attached hydrogens (tertiary/aromatic N) is 2. The third-order valence-corrected chi connectivity index (χ3v) is 6.08. The van der Waals surface area contributed by atoms with Crippen LogP contribution in [-0.4, -0.2) is 34.9 Å². The van der Waals surface area contributed by atoms with Gasteiger partial charge in [-0.15, -0.1) is 0 Å². The largest absolute Gasteiger partial charge is 0.357 e. The fraction of sp³-hybridized carbons (Fsp3) is 0.300. The number of hydrogen-bond donors (Lipinski definition) is 1. The maximum Gasteiger partial charge on any atom is 0.259 e. The summed E-state index contributed by atoms with van der Waals surface area (Å²) in [6, 6.07) is 7.47. The zero-order chi connectivity index (χ0) is 19.8. The van der Waals surface area contributed by atoms with Gasteiger partial charge in [0.05, 0.1) is 16.3 Å². The molecule has 1 aromatic heterocycles. The van der Waals surface area contributed by atoms with Crippen molar-refractivity contribution in [2.45, 2.75) is 31.3 Å². The van der Waals surface area contributed by atoms with Crippen molar-refractivity contribution in [3.05, 3.63) is 59.4 Å². The van der Waals surface area contributed by atoms with Crippen LogP contribution in [0.5, 0.6) is 0 Å². The Balaban J connectivity index is 1.54. The summed E-state index contributed by atoms with van der Waals surface area (Å²) in [4.78, 5) is 18.6. The van der Waals surface area contributed by atoms with E-state index in [1.54, 1.807) is 13.1 Å². The van der Waals surface area contributed by atoms with E-state index in [0.29, 0.717) is 10.6 Å². The molecule has 4 rings (SSSR count). The molecular weight excluding hydrogens is 387 g/mol. The number of hydrogen-bond acceptors (Lipinski definition) is 4. The van der Waals surface area contributed by atoms with E-state index in [1.165, 1.54) is 34.4 Å². The van der Waals surface area contributed by atoms with Crippen LogP contribution in [-0.2, 0) is 0 Å². The molecule has 8 heteroatoms. The number of amides is 1. The van der Waals surface area contributed by atoms with Gasteiger partial charge in [-0.3, -0.25) is 4.79 Å². The average molecular weight is 405 g/mol. The van der Waals surface area contributed by atoms with Crippen molar-refractivity contribution in [3.63, 3.8) is 0 Å². The fourth-order valence-corrected chi connectivity index (χ4v) is 4.67. The van der Waals surface area contributed by atoms with Crippen LogP contribution >= 0.6 is 11.3 Å². The number of aromatic nitrogens is 1. The predicted octanol–water partition coefficient (Wildman–Crippen LogP) is 4.82. The lowest BCUT2D eigenvalue weighted by molar-refractivity contribution is 0.0718. The molecule has 1 N–H and O–H groups in total. The van der Waals surface area contributed by atoms with Crippen molar-refractivity contribution in [2.24, 2.45) is 0 Å². The number of carbonyl (C=O) groups excluding carboxylic acids is 1. The predicted molar refractivity (Wildman–Crippen MR) is 103 cm³/mol. The lowest BCUT2D eigenvalue weighted by Crippen LogP contribution is -2.45. The highest BCUT2D eigenvalue weighted by Crippen LogP contribution is 2.32. The first-order chi connectivity index (χ1) is 13.4. The minimum Gasteiger partial charge on any atom is -0.357 e. The quantitative estimate of drug-likeness (QED) is 0.677. The van der Waals surface area contributed by atoms with Gasteiger partial charge in [0.2, 0.25) is 0 Å². The minimum absolute atomic E-state index is 0.103. The van der Waals surface area contributed by atoms with Crippen LogP contribution in [0.25, 0.3) is 10.2 Å². The highest BCUT2D eigenvalue weighted by Gasteiger charge is 2.35. The molecule has 2 atom stereocenters. The Morgan fingerprint density at radius 3 is 2.68 bits per heavy atom. The van der Waals surface area contributed by atoms with E-state index in [1.807, 2.05) is 0 Å². The van der Waals surface area contributed by atoms with Gasteiger partial charge in [-0.25, -0.2) is 18.2 Å². The average Bonchev–Trinajstić information content (AvgIpc) is 3.27. The van der Waals surface area contributed by atoms with Gasteiger partial charge in [0.1, 0.15) is 23.0 Å². The summed E-state index contributed by atoms with van der Waals surface area (Å²) in [5, 5.41) is 3.95. The number of fused-ring (bicyclic) bond motifs is 1. The molecule has 3 aromatic rings. The van der Waals surface area contributed by atoms with Gasteiger partial charge in [0, 0.05) is 13.1 Å². The van der Waals surface area contributed by atoms with Crippen molar-refractivity contribution in [2.75, 3.05) is 12.4 Å². The van der Waals surface area contributed by atoms with Crippen LogP contribution in [0.3, 0.4) is 0 Å². The summed E-state index contributed by atoms with van der Waals surface area (Å²) >= 11 is 1.34. The zero-order valence-corrected chi connectivity index (χ0v) is 15.9. The highest BCUT2D eigenvalue weighted by molar-refractivity contribution is 7.22. The van der Waals surface area contributed by atoms with Crippen molar-refractivity contribution in [1.29, 1.82) is 0 Å². The standard InChI is InChI=1S/C20H18F3N3OS/c1-26(19(27)18-12(22)4-2-5-13(18)23)16-7-3-6-14(16)24-20-25-15-9-8-11(21)10-17(15)28-20/h2,4-5,8-10,14,16H,3,6-7H2,1H3,(H,24,25)/t14-,16-/m1/s1. The van der Waals surface area contributed by atoms with Crippen molar-refractivity contribution in [1.82, 2.24) is 9.88 Å². The number of anilines is 1. The molecule has 1 fully saturated rings. The Kier molecular flexibility index (Phi) is 4.97. The Labute approximate surface area is 164 Å². The Hall–Kier alpha value is -2.61.